The summed E-state index contributed by atoms with van der Waals surface area (Å²) < 4.78 is 21.2. The van der Waals surface area contributed by atoms with Crippen molar-refractivity contribution in [2.75, 3.05) is 20.3 Å². The monoisotopic (exact) mass is 679 g/mol. The van der Waals surface area contributed by atoms with Gasteiger partial charge in [-0.05, 0) is 57.5 Å². The normalized spacial score (nSPS) is 14.9. The molecule has 2 aromatic carbocycles. The van der Waals surface area contributed by atoms with Crippen LogP contribution in [0.15, 0.2) is 68.0 Å². The molecule has 0 aliphatic carbocycles. The third-order valence-electron chi connectivity index (χ3n) is 7.53. The Labute approximate surface area is 267 Å². The van der Waals surface area contributed by atoms with Gasteiger partial charge in [-0.1, -0.05) is 58.8 Å². The quantitative estimate of drug-likeness (QED) is 0.214. The maximum atomic E-state index is 14.4. The molecule has 4 aromatic rings. The zero-order valence-corrected chi connectivity index (χ0v) is 27.7. The highest BCUT2D eigenvalue weighted by Gasteiger charge is 2.36. The van der Waals surface area contributed by atoms with Gasteiger partial charge in [-0.25, -0.2) is 9.79 Å². The van der Waals surface area contributed by atoms with Gasteiger partial charge in [0.2, 0.25) is 0 Å². The summed E-state index contributed by atoms with van der Waals surface area (Å²) in [7, 11) is 1.56. The lowest BCUT2D eigenvalue weighted by atomic mass is 9.93. The molecule has 0 fully saturated rings. The fourth-order valence-corrected chi connectivity index (χ4v) is 7.03. The zero-order valence-electron chi connectivity index (χ0n) is 25.3. The van der Waals surface area contributed by atoms with Gasteiger partial charge in [-0.2, -0.15) is 0 Å². The summed E-state index contributed by atoms with van der Waals surface area (Å²) in [4.78, 5) is 45.7. The van der Waals surface area contributed by atoms with Crippen LogP contribution in [-0.2, 0) is 25.6 Å². The average Bonchev–Trinajstić information content (AvgIpc) is 3.45. The van der Waals surface area contributed by atoms with Crippen LogP contribution < -0.4 is 19.6 Å². The zero-order chi connectivity index (χ0) is 31.5. The predicted molar refractivity (Wildman–Crippen MR) is 174 cm³/mol. The SMILES string of the molecule is CCCC1=C(C(=O)OCC)[C@H](c2cc(Br)ccc2OC)n2c(s/c(=C/c3c(C)n(CC(=O)OCC)c4ccccc34)c2=O)=N1. The maximum Gasteiger partial charge on any atom is 0.338 e. The van der Waals surface area contributed by atoms with Crippen molar-refractivity contribution < 1.29 is 23.8 Å². The Morgan fingerprint density at radius 2 is 1.84 bits per heavy atom. The van der Waals surface area contributed by atoms with Gasteiger partial charge in [-0.15, -0.1) is 0 Å². The number of halogens is 1. The van der Waals surface area contributed by atoms with Crippen LogP contribution in [-0.4, -0.2) is 41.4 Å². The minimum atomic E-state index is -0.812. The Balaban J connectivity index is 1.79. The van der Waals surface area contributed by atoms with Crippen molar-refractivity contribution in [3.05, 3.63) is 94.7 Å². The van der Waals surface area contributed by atoms with Gasteiger partial charge in [0.15, 0.2) is 4.80 Å². The highest BCUT2D eigenvalue weighted by atomic mass is 79.9. The van der Waals surface area contributed by atoms with Crippen molar-refractivity contribution in [2.24, 2.45) is 4.99 Å². The average molecular weight is 681 g/mol. The number of thiazole rings is 1. The Kier molecular flexibility index (Phi) is 9.55. The van der Waals surface area contributed by atoms with Crippen molar-refractivity contribution in [1.29, 1.82) is 0 Å². The molecule has 44 heavy (non-hydrogen) atoms. The van der Waals surface area contributed by atoms with E-state index in [9.17, 15) is 14.4 Å². The van der Waals surface area contributed by atoms with Crippen LogP contribution in [0.4, 0.5) is 0 Å². The number of carbonyl (C=O) groups excluding carboxylic acids is 2. The molecule has 0 amide bonds. The number of nitrogens with zero attached hydrogens (tertiary/aromatic N) is 3. The summed E-state index contributed by atoms with van der Waals surface area (Å²) in [5, 5.41) is 0.907. The van der Waals surface area contributed by atoms with Crippen molar-refractivity contribution in [3.8, 4) is 5.75 Å². The molecule has 0 saturated carbocycles. The molecule has 5 rings (SSSR count). The van der Waals surface area contributed by atoms with Gasteiger partial charge in [-0.3, -0.25) is 14.2 Å². The smallest absolute Gasteiger partial charge is 0.338 e. The number of esters is 2. The number of aromatic nitrogens is 2. The van der Waals surface area contributed by atoms with Crippen molar-refractivity contribution in [1.82, 2.24) is 9.13 Å². The second kappa shape index (κ2) is 13.4. The van der Waals surface area contributed by atoms with Gasteiger partial charge >= 0.3 is 11.9 Å². The molecule has 2 aromatic heterocycles. The fraction of sp³-hybridized carbons (Fsp3) is 0.333. The number of carbonyl (C=O) groups is 2. The molecule has 0 bridgehead atoms. The number of methoxy groups -OCH3 is 1. The Hall–Kier alpha value is -3.96. The van der Waals surface area contributed by atoms with E-state index in [-0.39, 0.29) is 24.7 Å². The molecule has 0 saturated heterocycles. The molecule has 11 heteroatoms. The largest absolute Gasteiger partial charge is 0.496 e. The number of hydrogen-bond acceptors (Lipinski definition) is 8. The van der Waals surface area contributed by atoms with E-state index in [2.05, 4.69) is 15.9 Å². The third kappa shape index (κ3) is 5.78. The lowest BCUT2D eigenvalue weighted by Gasteiger charge is -2.27. The first kappa shape index (κ1) is 31.5. The Morgan fingerprint density at radius 3 is 2.55 bits per heavy atom. The van der Waals surface area contributed by atoms with Gasteiger partial charge in [0.05, 0.1) is 36.1 Å². The molecular formula is C33H34BrN3O6S. The summed E-state index contributed by atoms with van der Waals surface area (Å²) in [6.07, 6.45) is 3.14. The number of benzene rings is 2. The van der Waals surface area contributed by atoms with Gasteiger partial charge in [0.1, 0.15) is 18.3 Å². The van der Waals surface area contributed by atoms with Crippen LogP contribution in [0.25, 0.3) is 17.0 Å². The predicted octanol–water partition coefficient (Wildman–Crippen LogP) is 5.18. The second-order valence-electron chi connectivity index (χ2n) is 10.2. The van der Waals surface area contributed by atoms with Gasteiger partial charge < -0.3 is 18.8 Å². The molecule has 1 aliphatic heterocycles. The van der Waals surface area contributed by atoms with Crippen LogP contribution in [0.1, 0.15) is 56.5 Å². The molecule has 9 nitrogen and oxygen atoms in total. The third-order valence-corrected chi connectivity index (χ3v) is 9.00. The Morgan fingerprint density at radius 1 is 1.09 bits per heavy atom. The lowest BCUT2D eigenvalue weighted by molar-refractivity contribution is -0.143. The molecule has 0 unspecified atom stereocenters. The highest BCUT2D eigenvalue weighted by molar-refractivity contribution is 9.10. The number of para-hydroxylation sites is 1. The number of hydrogen-bond donors (Lipinski definition) is 0. The first-order valence-corrected chi connectivity index (χ1v) is 16.1. The fourth-order valence-electron chi connectivity index (χ4n) is 5.64. The Bertz CT molecular complexity index is 1970. The van der Waals surface area contributed by atoms with Crippen LogP contribution in [0.5, 0.6) is 5.75 Å². The minimum Gasteiger partial charge on any atom is -0.496 e. The summed E-state index contributed by atoms with van der Waals surface area (Å²) in [6.45, 7) is 8.01. The van der Waals surface area contributed by atoms with Gasteiger partial charge in [0.25, 0.3) is 5.56 Å². The second-order valence-corrected chi connectivity index (χ2v) is 12.1. The number of ether oxygens (including phenoxy) is 3. The summed E-state index contributed by atoms with van der Waals surface area (Å²) in [6, 6.07) is 12.5. The van der Waals surface area contributed by atoms with Crippen LogP contribution >= 0.6 is 27.3 Å². The first-order valence-electron chi connectivity index (χ1n) is 14.5. The lowest BCUT2D eigenvalue weighted by Crippen LogP contribution is -2.40. The van der Waals surface area contributed by atoms with Crippen LogP contribution in [0.2, 0.25) is 0 Å². The summed E-state index contributed by atoms with van der Waals surface area (Å²) in [5.41, 5.74) is 3.78. The molecule has 0 radical (unpaired) electrons. The van der Waals surface area contributed by atoms with E-state index in [0.717, 1.165) is 33.1 Å². The molecule has 230 valence electrons. The standard InChI is InChI=1S/C33H34BrN3O6S/c1-6-11-24-29(32(40)43-8-3)30(23-16-20(34)14-15-26(23)41-5)37-31(39)27(44-33(37)35-24)17-22-19(4)36(18-28(38)42-7-2)25-13-10-9-12-21(22)25/h9-10,12-17,30H,6-8,11,18H2,1-5H3/b27-17+/t30-/m0/s1. The summed E-state index contributed by atoms with van der Waals surface area (Å²) in [5.74, 6) is -0.315. The highest BCUT2D eigenvalue weighted by Crippen LogP contribution is 2.38. The molecule has 0 spiro atoms. The van der Waals surface area contributed by atoms with E-state index < -0.39 is 12.0 Å². The minimum absolute atomic E-state index is 0.0568. The molecule has 3 heterocycles. The van der Waals surface area contributed by atoms with Crippen molar-refractivity contribution in [3.63, 3.8) is 0 Å². The van der Waals surface area contributed by atoms with Crippen LogP contribution in [0.3, 0.4) is 0 Å². The molecule has 0 N–H and O–H groups in total. The number of fused-ring (bicyclic) bond motifs is 2. The summed E-state index contributed by atoms with van der Waals surface area (Å²) >= 11 is 4.82. The van der Waals surface area contributed by atoms with E-state index in [0.29, 0.717) is 44.9 Å². The van der Waals surface area contributed by atoms with E-state index in [1.54, 1.807) is 31.6 Å². The van der Waals surface area contributed by atoms with Crippen LogP contribution in [0, 0.1) is 6.92 Å². The van der Waals surface area contributed by atoms with E-state index in [4.69, 9.17) is 19.2 Å². The number of allylic oxidation sites excluding steroid dienone is 1. The molecule has 1 atom stereocenters. The van der Waals surface area contributed by atoms with Crippen molar-refractivity contribution >= 4 is 56.2 Å². The van der Waals surface area contributed by atoms with Crippen molar-refractivity contribution in [2.45, 2.75) is 53.1 Å². The number of rotatable bonds is 10. The topological polar surface area (TPSA) is 101 Å². The maximum absolute atomic E-state index is 14.4. The molecule has 1 aliphatic rings. The van der Waals surface area contributed by atoms with E-state index in [1.807, 2.05) is 60.9 Å². The first-order chi connectivity index (χ1) is 21.2. The molecular weight excluding hydrogens is 646 g/mol. The van der Waals surface area contributed by atoms with Gasteiger partial charge in [0, 0.05) is 32.2 Å². The van der Waals surface area contributed by atoms with E-state index >= 15 is 0 Å². The van der Waals surface area contributed by atoms with E-state index in [1.165, 1.54) is 11.3 Å².